The van der Waals surface area contributed by atoms with Gasteiger partial charge in [0.1, 0.15) is 11.6 Å². The molecule has 0 aliphatic rings. The van der Waals surface area contributed by atoms with Crippen molar-refractivity contribution in [2.75, 3.05) is 17.2 Å². The van der Waals surface area contributed by atoms with E-state index in [0.29, 0.717) is 27.4 Å². The normalized spacial score (nSPS) is 10.5. The van der Waals surface area contributed by atoms with Crippen LogP contribution in [0.1, 0.15) is 18.9 Å². The fraction of sp³-hybridized carbons (Fsp3) is 0.267. The zero-order valence-corrected chi connectivity index (χ0v) is 13.3. The van der Waals surface area contributed by atoms with Crippen LogP contribution in [0.3, 0.4) is 0 Å². The molecule has 0 saturated heterocycles. The molecule has 2 aromatic rings. The van der Waals surface area contributed by atoms with Gasteiger partial charge in [-0.15, -0.1) is 0 Å². The summed E-state index contributed by atoms with van der Waals surface area (Å²) in [5, 5.41) is 6.97. The van der Waals surface area contributed by atoms with Crippen molar-refractivity contribution in [3.05, 3.63) is 45.7 Å². The minimum atomic E-state index is -0.313. The molecule has 1 heterocycles. The minimum Gasteiger partial charge on any atom is -0.369 e. The van der Waals surface area contributed by atoms with Crippen molar-refractivity contribution < 1.29 is 4.39 Å². The van der Waals surface area contributed by atoms with Crippen molar-refractivity contribution in [1.82, 2.24) is 4.98 Å². The molecule has 0 atom stereocenters. The second-order valence-electron chi connectivity index (χ2n) is 4.72. The van der Waals surface area contributed by atoms with Crippen molar-refractivity contribution in [1.29, 1.82) is 0 Å². The molecule has 0 unspecified atom stereocenters. The summed E-state index contributed by atoms with van der Waals surface area (Å²) < 4.78 is 13.4. The minimum absolute atomic E-state index is 0.313. The van der Waals surface area contributed by atoms with Gasteiger partial charge in [-0.2, -0.15) is 0 Å². The van der Waals surface area contributed by atoms with E-state index in [1.54, 1.807) is 6.07 Å². The third-order valence-electron chi connectivity index (χ3n) is 2.78. The highest BCUT2D eigenvalue weighted by Gasteiger charge is 2.10. The molecule has 6 heteroatoms. The highest BCUT2D eigenvalue weighted by molar-refractivity contribution is 6.37. The molecule has 1 aromatic carbocycles. The third-order valence-corrected chi connectivity index (χ3v) is 3.35. The average Bonchev–Trinajstić information content (AvgIpc) is 2.39. The van der Waals surface area contributed by atoms with Crippen LogP contribution in [0.5, 0.6) is 0 Å². The van der Waals surface area contributed by atoms with E-state index in [9.17, 15) is 4.39 Å². The number of aromatic nitrogens is 1. The maximum Gasteiger partial charge on any atom is 0.151 e. The zero-order chi connectivity index (χ0) is 15.4. The van der Waals surface area contributed by atoms with Crippen LogP contribution in [0.4, 0.5) is 21.7 Å². The second kappa shape index (κ2) is 6.96. The summed E-state index contributed by atoms with van der Waals surface area (Å²) in [5.74, 6) is 0.676. The first kappa shape index (κ1) is 15.9. The van der Waals surface area contributed by atoms with Gasteiger partial charge in [0.15, 0.2) is 5.82 Å². The lowest BCUT2D eigenvalue weighted by atomic mass is 10.2. The predicted octanol–water partition coefficient (Wildman–Crippen LogP) is 5.40. The number of nitrogens with zero attached hydrogens (tertiary/aromatic N) is 1. The maximum atomic E-state index is 13.4. The van der Waals surface area contributed by atoms with Crippen molar-refractivity contribution in [2.45, 2.75) is 20.3 Å². The third kappa shape index (κ3) is 4.22. The quantitative estimate of drug-likeness (QED) is 0.771. The molecule has 0 aliphatic heterocycles. The van der Waals surface area contributed by atoms with Gasteiger partial charge in [-0.1, -0.05) is 30.1 Å². The summed E-state index contributed by atoms with van der Waals surface area (Å²) in [6.07, 6.45) is 0.951. The second-order valence-corrected chi connectivity index (χ2v) is 5.53. The van der Waals surface area contributed by atoms with Crippen molar-refractivity contribution in [3.8, 4) is 0 Å². The summed E-state index contributed by atoms with van der Waals surface area (Å²) in [4.78, 5) is 4.36. The van der Waals surface area contributed by atoms with E-state index in [4.69, 9.17) is 23.2 Å². The van der Waals surface area contributed by atoms with Gasteiger partial charge in [0.2, 0.25) is 0 Å². The zero-order valence-electron chi connectivity index (χ0n) is 11.8. The van der Waals surface area contributed by atoms with Crippen LogP contribution in [0.2, 0.25) is 10.0 Å². The van der Waals surface area contributed by atoms with E-state index >= 15 is 0 Å². The van der Waals surface area contributed by atoms with Gasteiger partial charge in [0, 0.05) is 12.2 Å². The fourth-order valence-electron chi connectivity index (χ4n) is 1.87. The highest BCUT2D eigenvalue weighted by atomic mass is 35.5. The largest absolute Gasteiger partial charge is 0.369 e. The first-order valence-electron chi connectivity index (χ1n) is 6.63. The number of pyridine rings is 1. The summed E-state index contributed by atoms with van der Waals surface area (Å²) in [6, 6.07) is 6.27. The number of aryl methyl sites for hydroxylation is 1. The Bertz CT molecular complexity index is 627. The number of rotatable bonds is 5. The van der Waals surface area contributed by atoms with Crippen LogP contribution in [-0.2, 0) is 0 Å². The number of anilines is 3. The molecule has 0 amide bonds. The molecule has 0 bridgehead atoms. The highest BCUT2D eigenvalue weighted by Crippen LogP contribution is 2.31. The molecule has 2 rings (SSSR count). The number of hydrogen-bond donors (Lipinski definition) is 2. The molecule has 3 nitrogen and oxygen atoms in total. The van der Waals surface area contributed by atoms with Crippen LogP contribution in [0.25, 0.3) is 0 Å². The van der Waals surface area contributed by atoms with Crippen LogP contribution < -0.4 is 10.6 Å². The maximum absolute atomic E-state index is 13.4. The van der Waals surface area contributed by atoms with Gasteiger partial charge >= 0.3 is 0 Å². The molecular formula is C15H16Cl2FN3. The lowest BCUT2D eigenvalue weighted by Gasteiger charge is -2.12. The Balaban J connectivity index is 2.30. The van der Waals surface area contributed by atoms with Crippen LogP contribution in [0, 0.1) is 12.7 Å². The molecular weight excluding hydrogens is 312 g/mol. The van der Waals surface area contributed by atoms with Gasteiger partial charge in [-0.3, -0.25) is 0 Å². The predicted molar refractivity (Wildman–Crippen MR) is 87.5 cm³/mol. The Hall–Kier alpha value is -1.52. The SMILES string of the molecule is CCCNc1nc(Nc2cc(C)cc(F)c2)c(Cl)cc1Cl. The molecule has 0 radical (unpaired) electrons. The van der Waals surface area contributed by atoms with Crippen molar-refractivity contribution >= 4 is 40.5 Å². The van der Waals surface area contributed by atoms with E-state index in [1.165, 1.54) is 12.1 Å². The van der Waals surface area contributed by atoms with Gasteiger partial charge in [-0.05, 0) is 43.2 Å². The Morgan fingerprint density at radius 2 is 1.81 bits per heavy atom. The Kier molecular flexibility index (Phi) is 5.26. The summed E-state index contributed by atoms with van der Waals surface area (Å²) in [6.45, 7) is 4.62. The van der Waals surface area contributed by atoms with Gasteiger partial charge in [-0.25, -0.2) is 9.37 Å². The van der Waals surface area contributed by atoms with Crippen molar-refractivity contribution in [2.24, 2.45) is 0 Å². The summed E-state index contributed by atoms with van der Waals surface area (Å²) in [5.41, 5.74) is 1.40. The van der Waals surface area contributed by atoms with Gasteiger partial charge in [0.25, 0.3) is 0 Å². The number of nitrogens with one attached hydrogen (secondary N) is 2. The summed E-state index contributed by atoms with van der Waals surface area (Å²) >= 11 is 12.2. The molecule has 2 N–H and O–H groups in total. The van der Waals surface area contributed by atoms with E-state index in [-0.39, 0.29) is 5.82 Å². The molecule has 0 aliphatic carbocycles. The first-order valence-corrected chi connectivity index (χ1v) is 7.39. The molecule has 0 saturated carbocycles. The van der Waals surface area contributed by atoms with Gasteiger partial charge in [0.05, 0.1) is 10.0 Å². The molecule has 21 heavy (non-hydrogen) atoms. The van der Waals surface area contributed by atoms with Crippen LogP contribution in [-0.4, -0.2) is 11.5 Å². The topological polar surface area (TPSA) is 37.0 Å². The number of benzene rings is 1. The Morgan fingerprint density at radius 3 is 2.48 bits per heavy atom. The smallest absolute Gasteiger partial charge is 0.151 e. The number of halogens is 3. The first-order chi connectivity index (χ1) is 9.99. The fourth-order valence-corrected chi connectivity index (χ4v) is 2.34. The molecule has 112 valence electrons. The number of hydrogen-bond acceptors (Lipinski definition) is 3. The molecule has 0 fully saturated rings. The monoisotopic (exact) mass is 327 g/mol. The average molecular weight is 328 g/mol. The molecule has 1 aromatic heterocycles. The lowest BCUT2D eigenvalue weighted by molar-refractivity contribution is 0.627. The standard InChI is InChI=1S/C15H16Cl2FN3/c1-3-4-19-14-12(16)8-13(17)15(21-14)20-11-6-9(2)5-10(18)7-11/h5-8H,3-4H2,1-2H3,(H2,19,20,21). The van der Waals surface area contributed by atoms with E-state index in [1.807, 2.05) is 19.9 Å². The molecule has 0 spiro atoms. The lowest BCUT2D eigenvalue weighted by Crippen LogP contribution is -2.05. The Labute approximate surface area is 133 Å². The van der Waals surface area contributed by atoms with Crippen molar-refractivity contribution in [3.63, 3.8) is 0 Å². The Morgan fingerprint density at radius 1 is 1.10 bits per heavy atom. The van der Waals surface area contributed by atoms with Crippen LogP contribution in [0.15, 0.2) is 24.3 Å². The summed E-state index contributed by atoms with van der Waals surface area (Å²) in [7, 11) is 0. The van der Waals surface area contributed by atoms with E-state index in [2.05, 4.69) is 15.6 Å². The van der Waals surface area contributed by atoms with E-state index in [0.717, 1.165) is 18.5 Å². The van der Waals surface area contributed by atoms with Gasteiger partial charge < -0.3 is 10.6 Å². The van der Waals surface area contributed by atoms with E-state index < -0.39 is 0 Å². The van der Waals surface area contributed by atoms with Crippen LogP contribution >= 0.6 is 23.2 Å².